The van der Waals surface area contributed by atoms with Crippen molar-refractivity contribution in [2.75, 3.05) is 8.86 Å². The van der Waals surface area contributed by atoms with E-state index in [1.54, 1.807) is 0 Å². The van der Waals surface area contributed by atoms with Crippen molar-refractivity contribution >= 4 is 57.1 Å². The minimum absolute atomic E-state index is 0.362. The maximum absolute atomic E-state index is 11.1. The molecule has 3 nitrogen and oxygen atoms in total. The second-order valence-corrected chi connectivity index (χ2v) is 5.30. The first-order chi connectivity index (χ1) is 7.20. The average molecular weight is 438 g/mol. The second kappa shape index (κ2) is 11.1. The molecule has 0 heterocycles. The van der Waals surface area contributed by atoms with Crippen LogP contribution >= 0.6 is 45.2 Å². The van der Waals surface area contributed by atoms with Crippen molar-refractivity contribution < 1.29 is 14.3 Å². The Kier molecular flexibility index (Phi) is 11.5. The zero-order valence-corrected chi connectivity index (χ0v) is 13.0. The lowest BCUT2D eigenvalue weighted by Crippen LogP contribution is -2.11. The molecule has 0 spiro atoms. The van der Waals surface area contributed by atoms with Crippen LogP contribution in [0, 0.1) is 0 Å². The molecule has 0 rings (SSSR count). The zero-order valence-electron chi connectivity index (χ0n) is 8.64. The van der Waals surface area contributed by atoms with Crippen LogP contribution in [0.15, 0.2) is 0 Å². The number of hydrogen-bond acceptors (Lipinski definition) is 3. The Labute approximate surface area is 118 Å². The molecule has 0 aliphatic heterocycles. The van der Waals surface area contributed by atoms with Gasteiger partial charge in [-0.3, -0.25) is 9.59 Å². The number of alkyl halides is 2. The van der Waals surface area contributed by atoms with Crippen molar-refractivity contribution in [1.82, 2.24) is 0 Å². The van der Waals surface area contributed by atoms with Crippen molar-refractivity contribution in [2.24, 2.45) is 0 Å². The van der Waals surface area contributed by atoms with E-state index < -0.39 is 0 Å². The molecule has 0 aromatic heterocycles. The fourth-order valence-electron chi connectivity index (χ4n) is 0.957. The van der Waals surface area contributed by atoms with E-state index in [9.17, 15) is 9.59 Å². The van der Waals surface area contributed by atoms with Gasteiger partial charge < -0.3 is 4.74 Å². The van der Waals surface area contributed by atoms with Crippen molar-refractivity contribution in [3.8, 4) is 0 Å². The number of halogens is 2. The fraction of sp³-hybridized carbons (Fsp3) is 0.800. The number of carbonyl (C=O) groups excluding carboxylic acids is 2. The van der Waals surface area contributed by atoms with E-state index >= 15 is 0 Å². The topological polar surface area (TPSA) is 43.4 Å². The van der Waals surface area contributed by atoms with E-state index in [2.05, 4.69) is 49.9 Å². The summed E-state index contributed by atoms with van der Waals surface area (Å²) in [5.74, 6) is -0.751. The number of hydrogen-bond donors (Lipinski definition) is 0. The summed E-state index contributed by atoms with van der Waals surface area (Å²) in [4.78, 5) is 22.2. The molecule has 0 amide bonds. The van der Waals surface area contributed by atoms with Gasteiger partial charge in [0, 0.05) is 12.8 Å². The Morgan fingerprint density at radius 1 is 0.800 bits per heavy atom. The van der Waals surface area contributed by atoms with Crippen molar-refractivity contribution in [1.29, 1.82) is 0 Å². The molecule has 0 fully saturated rings. The molecular weight excluding hydrogens is 422 g/mol. The van der Waals surface area contributed by atoms with Gasteiger partial charge in [-0.1, -0.05) is 45.2 Å². The molecule has 0 aliphatic rings. The summed E-state index contributed by atoms with van der Waals surface area (Å²) in [6.45, 7) is 0. The highest BCUT2D eigenvalue weighted by Gasteiger charge is 2.09. The van der Waals surface area contributed by atoms with Gasteiger partial charge in [-0.05, 0) is 34.5 Å². The quantitative estimate of drug-likeness (QED) is 0.192. The van der Waals surface area contributed by atoms with Crippen LogP contribution in [0.5, 0.6) is 0 Å². The molecule has 0 saturated heterocycles. The lowest BCUT2D eigenvalue weighted by atomic mass is 10.2. The van der Waals surface area contributed by atoms with E-state index in [4.69, 9.17) is 0 Å². The van der Waals surface area contributed by atoms with E-state index in [0.717, 1.165) is 34.5 Å². The molecule has 0 unspecified atom stereocenters. The standard InChI is InChI=1S/C10H16I2O3/c11-7-3-1-5-9(13)15-10(14)6-2-4-8-12/h1-8H2. The first-order valence-corrected chi connectivity index (χ1v) is 8.11. The van der Waals surface area contributed by atoms with Gasteiger partial charge in [-0.15, -0.1) is 0 Å². The molecule has 0 atom stereocenters. The minimum atomic E-state index is -0.376. The SMILES string of the molecule is O=C(CCCCI)OC(=O)CCCCI. The Bertz CT molecular complexity index is 175. The number of unbranched alkanes of at least 4 members (excludes halogenated alkanes) is 2. The highest BCUT2D eigenvalue weighted by atomic mass is 127. The van der Waals surface area contributed by atoms with Gasteiger partial charge in [-0.2, -0.15) is 0 Å². The maximum Gasteiger partial charge on any atom is 0.313 e. The van der Waals surface area contributed by atoms with Crippen LogP contribution in [0.4, 0.5) is 0 Å². The van der Waals surface area contributed by atoms with Gasteiger partial charge in [0.15, 0.2) is 0 Å². The Morgan fingerprint density at radius 3 is 1.53 bits per heavy atom. The number of rotatable bonds is 8. The summed E-state index contributed by atoms with van der Waals surface area (Å²) in [7, 11) is 0. The monoisotopic (exact) mass is 438 g/mol. The fourth-order valence-corrected chi connectivity index (χ4v) is 2.04. The van der Waals surface area contributed by atoms with Crippen LogP contribution in [0.3, 0.4) is 0 Å². The van der Waals surface area contributed by atoms with E-state index in [-0.39, 0.29) is 11.9 Å². The molecule has 0 saturated carbocycles. The Balaban J connectivity index is 3.45. The number of carbonyl (C=O) groups is 2. The highest BCUT2D eigenvalue weighted by Crippen LogP contribution is 2.04. The van der Waals surface area contributed by atoms with Crippen molar-refractivity contribution in [3.05, 3.63) is 0 Å². The summed E-state index contributed by atoms with van der Waals surface area (Å²) in [6, 6.07) is 0. The summed E-state index contributed by atoms with van der Waals surface area (Å²) < 4.78 is 6.73. The first kappa shape index (κ1) is 15.6. The predicted molar refractivity (Wildman–Crippen MR) is 76.6 cm³/mol. The average Bonchev–Trinajstić information content (AvgIpc) is 2.18. The maximum atomic E-state index is 11.1. The molecule has 88 valence electrons. The van der Waals surface area contributed by atoms with E-state index in [0.29, 0.717) is 12.8 Å². The first-order valence-electron chi connectivity index (χ1n) is 5.06. The molecule has 5 heteroatoms. The number of ether oxygens (including phenoxy) is 1. The van der Waals surface area contributed by atoms with Gasteiger partial charge >= 0.3 is 11.9 Å². The number of esters is 2. The third-order valence-corrected chi connectivity index (χ3v) is 3.28. The summed E-state index contributed by atoms with van der Waals surface area (Å²) >= 11 is 4.52. The second-order valence-electron chi connectivity index (χ2n) is 3.14. The summed E-state index contributed by atoms with van der Waals surface area (Å²) in [5.41, 5.74) is 0. The van der Waals surface area contributed by atoms with Gasteiger partial charge in [0.05, 0.1) is 0 Å². The Hall–Kier alpha value is 0.600. The third-order valence-electron chi connectivity index (χ3n) is 1.76. The van der Waals surface area contributed by atoms with E-state index in [1.807, 2.05) is 0 Å². The molecule has 0 aliphatic carbocycles. The molecule has 15 heavy (non-hydrogen) atoms. The highest BCUT2D eigenvalue weighted by molar-refractivity contribution is 14.1. The van der Waals surface area contributed by atoms with Crippen molar-refractivity contribution in [2.45, 2.75) is 38.5 Å². The molecule has 0 aromatic carbocycles. The lowest BCUT2D eigenvalue weighted by molar-refractivity contribution is -0.159. The lowest BCUT2D eigenvalue weighted by Gasteiger charge is -2.01. The third kappa shape index (κ3) is 10.9. The summed E-state index contributed by atoms with van der Waals surface area (Å²) in [6.07, 6.45) is 4.34. The van der Waals surface area contributed by atoms with Gasteiger partial charge in [-0.25, -0.2) is 0 Å². The zero-order chi connectivity index (χ0) is 11.5. The van der Waals surface area contributed by atoms with Crippen LogP contribution < -0.4 is 0 Å². The van der Waals surface area contributed by atoms with Crippen LogP contribution in [-0.4, -0.2) is 20.8 Å². The molecular formula is C10H16I2O3. The van der Waals surface area contributed by atoms with Gasteiger partial charge in [0.1, 0.15) is 0 Å². The minimum Gasteiger partial charge on any atom is -0.393 e. The van der Waals surface area contributed by atoms with Crippen LogP contribution in [0.25, 0.3) is 0 Å². The van der Waals surface area contributed by atoms with Crippen molar-refractivity contribution in [3.63, 3.8) is 0 Å². The van der Waals surface area contributed by atoms with E-state index in [1.165, 1.54) is 0 Å². The normalized spacial score (nSPS) is 10.0. The summed E-state index contributed by atoms with van der Waals surface area (Å²) in [5, 5.41) is 0. The van der Waals surface area contributed by atoms with Crippen LogP contribution in [0.2, 0.25) is 0 Å². The molecule has 0 aromatic rings. The predicted octanol–water partition coefficient (Wildman–Crippen LogP) is 3.27. The largest absolute Gasteiger partial charge is 0.393 e. The van der Waals surface area contributed by atoms with Gasteiger partial charge in [0.25, 0.3) is 0 Å². The van der Waals surface area contributed by atoms with Crippen LogP contribution in [0.1, 0.15) is 38.5 Å². The molecule has 0 N–H and O–H groups in total. The smallest absolute Gasteiger partial charge is 0.313 e. The van der Waals surface area contributed by atoms with Crippen LogP contribution in [-0.2, 0) is 14.3 Å². The molecule has 0 bridgehead atoms. The molecule has 0 radical (unpaired) electrons. The Morgan fingerprint density at radius 2 is 1.20 bits per heavy atom. The van der Waals surface area contributed by atoms with Gasteiger partial charge in [0.2, 0.25) is 0 Å².